The predicted octanol–water partition coefficient (Wildman–Crippen LogP) is 3.03. The SMILES string of the molecule is CSC1(CNCc2occc2Br)CC1. The zero-order valence-electron chi connectivity index (χ0n) is 8.18. The van der Waals surface area contributed by atoms with E-state index in [2.05, 4.69) is 27.5 Å². The van der Waals surface area contributed by atoms with Crippen molar-refractivity contribution in [2.75, 3.05) is 12.8 Å². The van der Waals surface area contributed by atoms with Gasteiger partial charge >= 0.3 is 0 Å². The van der Waals surface area contributed by atoms with E-state index in [1.807, 2.05) is 17.8 Å². The number of halogens is 1. The van der Waals surface area contributed by atoms with E-state index in [0.29, 0.717) is 4.75 Å². The Morgan fingerprint density at radius 2 is 2.43 bits per heavy atom. The van der Waals surface area contributed by atoms with Crippen molar-refractivity contribution in [3.05, 3.63) is 22.6 Å². The molecular formula is C10H14BrNOS. The number of furan rings is 1. The molecule has 78 valence electrons. The van der Waals surface area contributed by atoms with Crippen molar-refractivity contribution in [1.82, 2.24) is 5.32 Å². The lowest BCUT2D eigenvalue weighted by molar-refractivity contribution is 0.479. The third-order valence-electron chi connectivity index (χ3n) is 2.66. The van der Waals surface area contributed by atoms with E-state index < -0.39 is 0 Å². The lowest BCUT2D eigenvalue weighted by Crippen LogP contribution is -2.25. The van der Waals surface area contributed by atoms with Crippen LogP contribution in [0.4, 0.5) is 0 Å². The smallest absolute Gasteiger partial charge is 0.131 e. The molecule has 0 aromatic carbocycles. The highest BCUT2D eigenvalue weighted by atomic mass is 79.9. The average Bonchev–Trinajstić information content (AvgIpc) is 2.86. The molecule has 1 aliphatic rings. The molecule has 0 radical (unpaired) electrons. The minimum absolute atomic E-state index is 0.527. The molecule has 1 N–H and O–H groups in total. The molecule has 0 aliphatic heterocycles. The van der Waals surface area contributed by atoms with Crippen LogP contribution in [0.5, 0.6) is 0 Å². The van der Waals surface area contributed by atoms with Gasteiger partial charge in [0.25, 0.3) is 0 Å². The topological polar surface area (TPSA) is 25.2 Å². The average molecular weight is 276 g/mol. The van der Waals surface area contributed by atoms with Crippen LogP contribution in [0, 0.1) is 0 Å². The summed E-state index contributed by atoms with van der Waals surface area (Å²) in [6, 6.07) is 1.93. The normalized spacial score (nSPS) is 18.4. The largest absolute Gasteiger partial charge is 0.467 e. The van der Waals surface area contributed by atoms with Gasteiger partial charge in [-0.15, -0.1) is 0 Å². The van der Waals surface area contributed by atoms with Crippen LogP contribution >= 0.6 is 27.7 Å². The second-order valence-electron chi connectivity index (χ2n) is 3.68. The molecule has 1 heterocycles. The lowest BCUT2D eigenvalue weighted by atomic mass is 10.4. The number of hydrogen-bond acceptors (Lipinski definition) is 3. The number of thioether (sulfide) groups is 1. The Morgan fingerprint density at radius 3 is 2.93 bits per heavy atom. The third kappa shape index (κ3) is 2.35. The van der Waals surface area contributed by atoms with E-state index in [1.165, 1.54) is 12.8 Å². The summed E-state index contributed by atoms with van der Waals surface area (Å²) in [4.78, 5) is 0. The van der Waals surface area contributed by atoms with Crippen LogP contribution in [-0.2, 0) is 6.54 Å². The van der Waals surface area contributed by atoms with Gasteiger partial charge in [-0.1, -0.05) is 0 Å². The Morgan fingerprint density at radius 1 is 1.64 bits per heavy atom. The third-order valence-corrected chi connectivity index (χ3v) is 4.79. The Bertz CT molecular complexity index is 309. The fraction of sp³-hybridized carbons (Fsp3) is 0.600. The van der Waals surface area contributed by atoms with Crippen molar-refractivity contribution in [3.63, 3.8) is 0 Å². The summed E-state index contributed by atoms with van der Waals surface area (Å²) in [5, 5.41) is 3.44. The zero-order valence-corrected chi connectivity index (χ0v) is 10.6. The van der Waals surface area contributed by atoms with E-state index in [4.69, 9.17) is 4.42 Å². The maximum absolute atomic E-state index is 5.32. The zero-order chi connectivity index (χ0) is 10.0. The van der Waals surface area contributed by atoms with Crippen LogP contribution < -0.4 is 5.32 Å². The van der Waals surface area contributed by atoms with Crippen molar-refractivity contribution >= 4 is 27.7 Å². The van der Waals surface area contributed by atoms with Crippen molar-refractivity contribution < 1.29 is 4.42 Å². The Kier molecular flexibility index (Phi) is 3.24. The van der Waals surface area contributed by atoms with E-state index in [0.717, 1.165) is 23.3 Å². The molecule has 0 bridgehead atoms. The molecule has 0 atom stereocenters. The molecule has 2 nitrogen and oxygen atoms in total. The highest BCUT2D eigenvalue weighted by Gasteiger charge is 2.41. The van der Waals surface area contributed by atoms with Gasteiger partial charge in [0, 0.05) is 11.3 Å². The molecule has 14 heavy (non-hydrogen) atoms. The van der Waals surface area contributed by atoms with Crippen molar-refractivity contribution in [3.8, 4) is 0 Å². The highest BCUT2D eigenvalue weighted by molar-refractivity contribution is 9.10. The Balaban J connectivity index is 1.76. The molecule has 1 aromatic rings. The van der Waals surface area contributed by atoms with Gasteiger partial charge in [0.1, 0.15) is 5.76 Å². The van der Waals surface area contributed by atoms with E-state index in [9.17, 15) is 0 Å². The van der Waals surface area contributed by atoms with Crippen LogP contribution in [-0.4, -0.2) is 17.5 Å². The van der Waals surface area contributed by atoms with Gasteiger partial charge < -0.3 is 9.73 Å². The summed E-state index contributed by atoms with van der Waals surface area (Å²) in [5.41, 5.74) is 0. The lowest BCUT2D eigenvalue weighted by Gasteiger charge is -2.11. The fourth-order valence-electron chi connectivity index (χ4n) is 1.45. The van der Waals surface area contributed by atoms with E-state index in [-0.39, 0.29) is 0 Å². The van der Waals surface area contributed by atoms with Gasteiger partial charge in [0.05, 0.1) is 17.3 Å². The maximum atomic E-state index is 5.32. The second-order valence-corrected chi connectivity index (χ2v) is 5.81. The molecule has 2 rings (SSSR count). The first-order valence-corrected chi connectivity index (χ1v) is 6.75. The summed E-state index contributed by atoms with van der Waals surface area (Å²) >= 11 is 5.42. The van der Waals surface area contributed by atoms with Crippen LogP contribution in [0.25, 0.3) is 0 Å². The molecule has 0 unspecified atom stereocenters. The highest BCUT2D eigenvalue weighted by Crippen LogP contribution is 2.46. The molecule has 0 saturated heterocycles. The summed E-state index contributed by atoms with van der Waals surface area (Å²) in [7, 11) is 0. The Labute approximate surface area is 97.0 Å². The summed E-state index contributed by atoms with van der Waals surface area (Å²) in [6.45, 7) is 1.90. The van der Waals surface area contributed by atoms with Crippen molar-refractivity contribution in [2.24, 2.45) is 0 Å². The number of rotatable bonds is 5. The summed E-state index contributed by atoms with van der Waals surface area (Å²) < 4.78 is 6.90. The first-order valence-electron chi connectivity index (χ1n) is 4.73. The molecule has 4 heteroatoms. The van der Waals surface area contributed by atoms with Crippen molar-refractivity contribution in [2.45, 2.75) is 24.1 Å². The van der Waals surface area contributed by atoms with Crippen LogP contribution in [0.15, 0.2) is 21.2 Å². The maximum Gasteiger partial charge on any atom is 0.131 e. The molecular weight excluding hydrogens is 262 g/mol. The quantitative estimate of drug-likeness (QED) is 0.895. The van der Waals surface area contributed by atoms with E-state index in [1.54, 1.807) is 6.26 Å². The molecule has 1 aliphatic carbocycles. The molecule has 1 fully saturated rings. The van der Waals surface area contributed by atoms with E-state index >= 15 is 0 Å². The second kappa shape index (κ2) is 4.29. The predicted molar refractivity (Wildman–Crippen MR) is 63.6 cm³/mol. The van der Waals surface area contributed by atoms with Gasteiger partial charge in [0.2, 0.25) is 0 Å². The minimum atomic E-state index is 0.527. The van der Waals surface area contributed by atoms with Crippen LogP contribution in [0.1, 0.15) is 18.6 Å². The van der Waals surface area contributed by atoms with Gasteiger partial charge in [-0.2, -0.15) is 11.8 Å². The molecule has 0 amide bonds. The minimum Gasteiger partial charge on any atom is -0.467 e. The number of nitrogens with one attached hydrogen (secondary N) is 1. The fourth-order valence-corrected chi connectivity index (χ4v) is 2.55. The molecule has 1 aromatic heterocycles. The summed E-state index contributed by atoms with van der Waals surface area (Å²) in [6.07, 6.45) is 6.60. The first kappa shape index (κ1) is 10.6. The van der Waals surface area contributed by atoms with Crippen LogP contribution in [0.3, 0.4) is 0 Å². The standard InChI is InChI=1S/C10H14BrNOS/c1-14-10(3-4-10)7-12-6-9-8(11)2-5-13-9/h2,5,12H,3-4,6-7H2,1H3. The summed E-state index contributed by atoms with van der Waals surface area (Å²) in [5.74, 6) is 0.988. The van der Waals surface area contributed by atoms with Crippen LogP contribution in [0.2, 0.25) is 0 Å². The number of hydrogen-bond donors (Lipinski definition) is 1. The molecule has 0 spiro atoms. The molecule has 1 saturated carbocycles. The van der Waals surface area contributed by atoms with Crippen molar-refractivity contribution in [1.29, 1.82) is 0 Å². The Hall–Kier alpha value is 0.0700. The van der Waals surface area contributed by atoms with Gasteiger partial charge in [-0.3, -0.25) is 0 Å². The monoisotopic (exact) mass is 275 g/mol. The first-order chi connectivity index (χ1) is 6.76. The van der Waals surface area contributed by atoms with Gasteiger partial charge in [0.15, 0.2) is 0 Å². The van der Waals surface area contributed by atoms with Gasteiger partial charge in [-0.05, 0) is 41.1 Å². The van der Waals surface area contributed by atoms with Gasteiger partial charge in [-0.25, -0.2) is 0 Å².